The lowest BCUT2D eigenvalue weighted by atomic mass is 9.33. The van der Waals surface area contributed by atoms with Gasteiger partial charge in [0.2, 0.25) is 5.91 Å². The molecule has 0 bridgehead atoms. The summed E-state index contributed by atoms with van der Waals surface area (Å²) >= 11 is 0. The number of ether oxygens (including phenoxy) is 1. The smallest absolute Gasteiger partial charge is 0.309 e. The molecule has 4 fully saturated rings. The van der Waals surface area contributed by atoms with Crippen LogP contribution in [0.5, 0.6) is 0 Å². The number of esters is 1. The Balaban J connectivity index is 1.29. The number of pyridine rings is 1. The van der Waals surface area contributed by atoms with Gasteiger partial charge in [0, 0.05) is 36.5 Å². The van der Waals surface area contributed by atoms with Crippen molar-refractivity contribution >= 4 is 23.6 Å². The number of aromatic nitrogens is 1. The number of hydrogen-bond donors (Lipinski definition) is 3. The van der Waals surface area contributed by atoms with Crippen molar-refractivity contribution in [3.63, 3.8) is 0 Å². The highest BCUT2D eigenvalue weighted by molar-refractivity contribution is 6.00. The van der Waals surface area contributed by atoms with Gasteiger partial charge in [-0.1, -0.05) is 60.1 Å². The maximum Gasteiger partial charge on any atom is 0.309 e. The third-order valence-corrected chi connectivity index (χ3v) is 16.4. The van der Waals surface area contributed by atoms with E-state index in [9.17, 15) is 29.4 Å². The van der Waals surface area contributed by atoms with Crippen molar-refractivity contribution in [2.45, 2.75) is 145 Å². The number of aliphatic hydroxyl groups excluding tert-OH is 1. The van der Waals surface area contributed by atoms with E-state index in [1.165, 1.54) is 5.57 Å². The highest BCUT2D eigenvalue weighted by Gasteiger charge is 2.71. The number of rotatable bonds is 12. The molecular formula is C45H67N3O7. The molecule has 1 amide bonds. The summed E-state index contributed by atoms with van der Waals surface area (Å²) in [5.74, 6) is -0.800. The number of ketones is 1. The molecule has 4 N–H and O–H groups in total. The SMILES string of the molecule is CC(C)C1=C2[C@H]3CC[C@@H]4[C@@]5(C)CC[C@H](OC(=O)CC(C)(C)C(=O)O)C(C)(C)[C@@H]5CC[C@@]4(C)[C@]3(C)CCC2(C(O)CN(CC(N)=O)Cc2ccccn2)CC1=O. The van der Waals surface area contributed by atoms with Crippen molar-refractivity contribution in [1.29, 1.82) is 0 Å². The Morgan fingerprint density at radius 1 is 0.982 bits per heavy atom. The number of hydrogen-bond acceptors (Lipinski definition) is 8. The summed E-state index contributed by atoms with van der Waals surface area (Å²) in [7, 11) is 0. The summed E-state index contributed by atoms with van der Waals surface area (Å²) in [6.07, 6.45) is 8.07. The maximum absolute atomic E-state index is 14.2. The first-order chi connectivity index (χ1) is 25.5. The summed E-state index contributed by atoms with van der Waals surface area (Å²) in [4.78, 5) is 57.7. The Morgan fingerprint density at radius 3 is 2.31 bits per heavy atom. The van der Waals surface area contributed by atoms with Crippen LogP contribution in [0.25, 0.3) is 0 Å². The molecule has 5 aliphatic rings. The van der Waals surface area contributed by atoms with Crippen LogP contribution in [0.2, 0.25) is 0 Å². The molecule has 0 aliphatic heterocycles. The number of carboxylic acids is 1. The standard InChI is InChI=1S/C45H67N3O7/c1-27(2)37-30(49)22-45(33(50)25-48(26-35(46)51)24-28-12-10-11-21-47-28)20-19-43(8)29(38(37)45)13-14-32-42(7)17-16-34(55-36(52)23-40(3,4)39(53)54)41(5,6)31(42)15-18-44(32,43)9/h10-12,21,27,29,31-34,50H,13-20,22-26H2,1-9H3,(H2,46,51)(H,53,54)/t29-,31+,32-,33?,34+,42+,43-,44-,45?/m1/s1. The molecule has 5 aliphatic carbocycles. The lowest BCUT2D eigenvalue weighted by Crippen LogP contribution is -2.66. The molecule has 0 aromatic carbocycles. The Morgan fingerprint density at radius 2 is 1.69 bits per heavy atom. The molecule has 6 rings (SSSR count). The van der Waals surface area contributed by atoms with Crippen LogP contribution in [0.3, 0.4) is 0 Å². The molecule has 10 nitrogen and oxygen atoms in total. The normalized spacial score (nSPS) is 36.1. The minimum absolute atomic E-state index is 0.00881. The monoisotopic (exact) mass is 761 g/mol. The van der Waals surface area contributed by atoms with E-state index in [-0.39, 0.29) is 64.9 Å². The molecule has 0 spiro atoms. The van der Waals surface area contributed by atoms with E-state index in [4.69, 9.17) is 10.5 Å². The minimum atomic E-state index is -1.18. The summed E-state index contributed by atoms with van der Waals surface area (Å²) < 4.78 is 6.16. The molecule has 1 heterocycles. The fourth-order valence-electron chi connectivity index (χ4n) is 13.5. The van der Waals surface area contributed by atoms with Gasteiger partial charge in [-0.05, 0) is 123 Å². The van der Waals surface area contributed by atoms with Gasteiger partial charge in [-0.15, -0.1) is 0 Å². The first-order valence-electron chi connectivity index (χ1n) is 20.8. The first kappa shape index (κ1) is 41.5. The molecule has 2 unspecified atom stereocenters. The number of nitrogens with zero attached hydrogens (tertiary/aromatic N) is 2. The van der Waals surface area contributed by atoms with E-state index >= 15 is 0 Å². The highest BCUT2D eigenvalue weighted by Crippen LogP contribution is 2.77. The van der Waals surface area contributed by atoms with Gasteiger partial charge in [0.1, 0.15) is 6.10 Å². The van der Waals surface area contributed by atoms with Crippen LogP contribution in [-0.2, 0) is 30.5 Å². The Bertz CT molecular complexity index is 1720. The van der Waals surface area contributed by atoms with Gasteiger partial charge in [0.15, 0.2) is 5.78 Å². The average Bonchev–Trinajstić information content (AvgIpc) is 3.39. The van der Waals surface area contributed by atoms with E-state index < -0.39 is 34.8 Å². The largest absolute Gasteiger partial charge is 0.481 e. The molecule has 4 saturated carbocycles. The fourth-order valence-corrected chi connectivity index (χ4v) is 13.5. The van der Waals surface area contributed by atoms with Crippen molar-refractivity contribution in [2.24, 2.45) is 61.9 Å². The van der Waals surface area contributed by atoms with Crippen molar-refractivity contribution < 1.29 is 34.1 Å². The molecule has 1 aromatic rings. The molecule has 1 aromatic heterocycles. The molecule has 0 radical (unpaired) electrons. The first-order valence-corrected chi connectivity index (χ1v) is 20.8. The third kappa shape index (κ3) is 6.79. The zero-order valence-corrected chi connectivity index (χ0v) is 34.9. The average molecular weight is 762 g/mol. The van der Waals surface area contributed by atoms with Crippen molar-refractivity contribution in [1.82, 2.24) is 9.88 Å². The zero-order valence-electron chi connectivity index (χ0n) is 34.9. The number of Topliss-reactive ketones (excluding diaryl/α,β-unsaturated/α-hetero) is 1. The van der Waals surface area contributed by atoms with Crippen LogP contribution in [0.4, 0.5) is 0 Å². The van der Waals surface area contributed by atoms with Gasteiger partial charge in [-0.25, -0.2) is 0 Å². The Kier molecular flexibility index (Phi) is 10.8. The maximum atomic E-state index is 14.2. The topological polar surface area (TPSA) is 160 Å². The summed E-state index contributed by atoms with van der Waals surface area (Å²) in [5, 5.41) is 22.1. The van der Waals surface area contributed by atoms with Gasteiger partial charge < -0.3 is 20.7 Å². The van der Waals surface area contributed by atoms with E-state index in [2.05, 4.69) is 53.5 Å². The molecule has 9 atom stereocenters. The fraction of sp³-hybridized carbons (Fsp3) is 0.756. The molecule has 10 heteroatoms. The predicted octanol–water partition coefficient (Wildman–Crippen LogP) is 7.12. The Hall–Kier alpha value is -3.11. The number of fused-ring (bicyclic) bond motifs is 7. The van der Waals surface area contributed by atoms with Gasteiger partial charge in [-0.2, -0.15) is 0 Å². The van der Waals surface area contributed by atoms with Gasteiger partial charge in [-0.3, -0.25) is 29.1 Å². The predicted molar refractivity (Wildman–Crippen MR) is 210 cm³/mol. The van der Waals surface area contributed by atoms with E-state index in [0.717, 1.165) is 56.2 Å². The number of allylic oxidation sites excluding steroid dienone is 1. The highest BCUT2D eigenvalue weighted by atomic mass is 16.5. The molecule has 55 heavy (non-hydrogen) atoms. The van der Waals surface area contributed by atoms with Crippen LogP contribution in [0, 0.1) is 56.2 Å². The summed E-state index contributed by atoms with van der Waals surface area (Å²) in [6.45, 7) is 20.0. The number of primary amides is 1. The number of aliphatic carboxylic acids is 1. The summed E-state index contributed by atoms with van der Waals surface area (Å²) in [5.41, 5.74) is 6.37. The second kappa shape index (κ2) is 14.4. The van der Waals surface area contributed by atoms with Gasteiger partial charge in [0.25, 0.3) is 0 Å². The number of nitrogens with two attached hydrogens (primary N) is 1. The van der Waals surface area contributed by atoms with E-state index in [1.54, 1.807) is 20.0 Å². The third-order valence-electron chi connectivity index (χ3n) is 16.4. The lowest BCUT2D eigenvalue weighted by Gasteiger charge is -2.72. The lowest BCUT2D eigenvalue weighted by molar-refractivity contribution is -0.235. The van der Waals surface area contributed by atoms with Crippen LogP contribution < -0.4 is 5.73 Å². The van der Waals surface area contributed by atoms with Gasteiger partial charge >= 0.3 is 11.9 Å². The van der Waals surface area contributed by atoms with Crippen molar-refractivity contribution in [3.05, 3.63) is 41.2 Å². The van der Waals surface area contributed by atoms with Crippen LogP contribution in [0.15, 0.2) is 35.5 Å². The second-order valence-corrected chi connectivity index (χ2v) is 20.5. The quantitative estimate of drug-likeness (QED) is 0.189. The van der Waals surface area contributed by atoms with Gasteiger partial charge in [0.05, 0.1) is 30.2 Å². The number of carbonyl (C=O) groups excluding carboxylic acids is 3. The molecule has 0 saturated heterocycles. The van der Waals surface area contributed by atoms with Crippen LogP contribution in [-0.4, -0.2) is 69.0 Å². The van der Waals surface area contributed by atoms with E-state index in [1.807, 2.05) is 23.1 Å². The second-order valence-electron chi connectivity index (χ2n) is 20.5. The van der Waals surface area contributed by atoms with E-state index in [0.29, 0.717) is 31.2 Å². The van der Waals surface area contributed by atoms with Crippen molar-refractivity contribution in [3.8, 4) is 0 Å². The number of carbonyl (C=O) groups is 4. The van der Waals surface area contributed by atoms with Crippen LogP contribution in [0.1, 0.15) is 132 Å². The summed E-state index contributed by atoms with van der Waals surface area (Å²) in [6, 6.07) is 5.66. The number of amides is 1. The minimum Gasteiger partial charge on any atom is -0.481 e. The molecule has 304 valence electrons. The van der Waals surface area contributed by atoms with Crippen molar-refractivity contribution in [2.75, 3.05) is 13.1 Å². The number of carboxylic acid groups (broad SMARTS) is 1. The zero-order chi connectivity index (χ0) is 40.5. The number of aliphatic hydroxyl groups is 1. The Labute approximate surface area is 328 Å². The van der Waals surface area contributed by atoms with Crippen LogP contribution >= 0.6 is 0 Å². The molecular weight excluding hydrogens is 695 g/mol.